The Hall–Kier alpha value is -5.28. The number of anilines is 2. The molecule has 0 saturated carbocycles. The molecule has 5 N–H and O–H groups in total. The van der Waals surface area contributed by atoms with Crippen LogP contribution in [0.25, 0.3) is 0 Å². The molecule has 2 rings (SSSR count). The van der Waals surface area contributed by atoms with Crippen molar-refractivity contribution in [3.63, 3.8) is 0 Å². The number of carboxylic acids is 1. The van der Waals surface area contributed by atoms with Crippen LogP contribution in [-0.2, 0) is 14.2 Å². The molecule has 2 aromatic rings. The van der Waals surface area contributed by atoms with Gasteiger partial charge in [0.1, 0.15) is 11.4 Å². The minimum absolute atomic E-state index is 0.00782. The summed E-state index contributed by atoms with van der Waals surface area (Å²) >= 11 is 0. The van der Waals surface area contributed by atoms with E-state index in [9.17, 15) is 39.4 Å². The van der Waals surface area contributed by atoms with E-state index >= 15 is 0 Å². The lowest BCUT2D eigenvalue weighted by atomic mass is 9.98. The van der Waals surface area contributed by atoms with E-state index in [0.717, 1.165) is 33.5 Å². The van der Waals surface area contributed by atoms with E-state index in [2.05, 4.69) is 14.2 Å². The van der Waals surface area contributed by atoms with Crippen LogP contribution in [0.15, 0.2) is 12.1 Å². The van der Waals surface area contributed by atoms with Gasteiger partial charge in [0.25, 0.3) is 11.4 Å². The highest BCUT2D eigenvalue weighted by Gasteiger charge is 2.29. The average Bonchev–Trinajstić information content (AvgIpc) is 2.85. The van der Waals surface area contributed by atoms with Crippen LogP contribution in [0.2, 0.25) is 0 Å². The Morgan fingerprint density at radius 1 is 0.730 bits per heavy atom. The molecule has 0 amide bonds. The number of nitrogens with two attached hydrogens (primary N) is 2. The third-order valence-corrected chi connectivity index (χ3v) is 5.02. The summed E-state index contributed by atoms with van der Waals surface area (Å²) in [4.78, 5) is 65.8. The van der Waals surface area contributed by atoms with E-state index in [4.69, 9.17) is 16.6 Å². The minimum atomic E-state index is -1.47. The predicted octanol–water partition coefficient (Wildman–Crippen LogP) is 2.03. The molecule has 0 unspecified atom stereocenters. The van der Waals surface area contributed by atoms with Crippen LogP contribution in [0.1, 0.15) is 52.6 Å². The molecular weight excluding hydrogens is 500 g/mol. The third-order valence-electron chi connectivity index (χ3n) is 5.02. The summed E-state index contributed by atoms with van der Waals surface area (Å²) in [5, 5.41) is 30.5. The summed E-state index contributed by atoms with van der Waals surface area (Å²) in [6, 6.07) is 1.65. The number of carboxylic acid groups (broad SMARTS) is 1. The number of ether oxygens (including phenoxy) is 3. The Balaban J connectivity index is 0.000000371. The number of nitrogens with zero attached hydrogens (tertiary/aromatic N) is 2. The van der Waals surface area contributed by atoms with Gasteiger partial charge in [-0.2, -0.15) is 0 Å². The molecule has 0 aliphatic carbocycles. The molecule has 16 nitrogen and oxygen atoms in total. The molecule has 0 radical (unpaired) electrons. The van der Waals surface area contributed by atoms with Crippen LogP contribution < -0.4 is 11.5 Å². The van der Waals surface area contributed by atoms with Gasteiger partial charge in [0.15, 0.2) is 0 Å². The fourth-order valence-electron chi connectivity index (χ4n) is 3.10. The molecule has 0 aromatic heterocycles. The number of rotatable bonds is 6. The lowest BCUT2D eigenvalue weighted by molar-refractivity contribution is -0.384. The maximum absolute atomic E-state index is 11.7. The highest BCUT2D eigenvalue weighted by Crippen LogP contribution is 2.32. The molecule has 0 heterocycles. The maximum atomic E-state index is 11.7. The number of aromatic carboxylic acids is 1. The Morgan fingerprint density at radius 3 is 1.35 bits per heavy atom. The number of benzene rings is 2. The van der Waals surface area contributed by atoms with Crippen molar-refractivity contribution >= 4 is 46.6 Å². The smallest absolute Gasteiger partial charge is 0.339 e. The number of nitro groups is 2. The first-order chi connectivity index (χ1) is 17.2. The van der Waals surface area contributed by atoms with Crippen molar-refractivity contribution in [3.05, 3.63) is 65.7 Å². The van der Waals surface area contributed by atoms with Crippen molar-refractivity contribution in [3.8, 4) is 0 Å². The van der Waals surface area contributed by atoms with Gasteiger partial charge in [-0.1, -0.05) is 0 Å². The molecule has 198 valence electrons. The molecule has 0 saturated heterocycles. The van der Waals surface area contributed by atoms with Crippen molar-refractivity contribution in [1.82, 2.24) is 0 Å². The molecule has 0 atom stereocenters. The van der Waals surface area contributed by atoms with E-state index in [1.165, 1.54) is 13.8 Å². The largest absolute Gasteiger partial charge is 0.478 e. The molecule has 0 spiro atoms. The monoisotopic (exact) mass is 522 g/mol. The molecule has 16 heteroatoms. The minimum Gasteiger partial charge on any atom is -0.478 e. The Morgan fingerprint density at radius 2 is 1.05 bits per heavy atom. The first-order valence-corrected chi connectivity index (χ1v) is 9.79. The van der Waals surface area contributed by atoms with Crippen molar-refractivity contribution in [2.75, 3.05) is 32.8 Å². The van der Waals surface area contributed by atoms with Gasteiger partial charge in [-0.15, -0.1) is 0 Å². The fraction of sp³-hybridized carbons (Fsp3) is 0.238. The molecular formula is C21H22N4O12. The number of carbonyl (C=O) groups excluding carboxylic acids is 3. The molecule has 0 aliphatic rings. The summed E-state index contributed by atoms with van der Waals surface area (Å²) in [6.07, 6.45) is 0. The SMILES string of the molecule is COC(=O)c1c(C(=O)O)cc([N+](=O)[O-])c(N)c1C.COC(=O)c1cc([N+](=O)[O-])c(N)c(C)c1C(=O)OC. The van der Waals surface area contributed by atoms with Gasteiger partial charge in [0.2, 0.25) is 0 Å². The number of methoxy groups -OCH3 is 3. The number of hydrogen-bond acceptors (Lipinski definition) is 13. The highest BCUT2D eigenvalue weighted by atomic mass is 16.6. The number of nitro benzene ring substituents is 2. The van der Waals surface area contributed by atoms with Crippen LogP contribution >= 0.6 is 0 Å². The molecule has 0 bridgehead atoms. The van der Waals surface area contributed by atoms with Crippen LogP contribution in [0, 0.1) is 34.1 Å². The number of nitrogen functional groups attached to an aromatic ring is 2. The van der Waals surface area contributed by atoms with Gasteiger partial charge in [-0.05, 0) is 25.0 Å². The second-order valence-corrected chi connectivity index (χ2v) is 7.01. The van der Waals surface area contributed by atoms with Gasteiger partial charge < -0.3 is 30.8 Å². The zero-order valence-electron chi connectivity index (χ0n) is 20.1. The van der Waals surface area contributed by atoms with Gasteiger partial charge in [-0.25, -0.2) is 19.2 Å². The number of carbonyl (C=O) groups is 4. The standard InChI is InChI=1S/C11H12N2O6.C10H10N2O6/c1-5-8(11(15)19-3)6(10(14)18-2)4-7(9(5)12)13(16)17;1-4-7(10(15)18-2)5(9(13)14)3-6(8(4)11)12(16)17/h4H,12H2,1-3H3;3H,11H2,1-2H3,(H,13,14). The predicted molar refractivity (Wildman–Crippen MR) is 125 cm³/mol. The van der Waals surface area contributed by atoms with Crippen molar-refractivity contribution in [2.45, 2.75) is 13.8 Å². The zero-order chi connectivity index (χ0) is 28.8. The first kappa shape index (κ1) is 29.8. The van der Waals surface area contributed by atoms with Crippen molar-refractivity contribution in [2.24, 2.45) is 0 Å². The van der Waals surface area contributed by atoms with E-state index in [0.29, 0.717) is 0 Å². The topological polar surface area (TPSA) is 255 Å². The second-order valence-electron chi connectivity index (χ2n) is 7.01. The number of esters is 3. The van der Waals surface area contributed by atoms with Gasteiger partial charge in [-0.3, -0.25) is 20.2 Å². The Bertz CT molecular complexity index is 1320. The van der Waals surface area contributed by atoms with Gasteiger partial charge in [0, 0.05) is 12.1 Å². The Labute approximate surface area is 208 Å². The summed E-state index contributed by atoms with van der Waals surface area (Å²) in [5.41, 5.74) is 8.52. The summed E-state index contributed by atoms with van der Waals surface area (Å²) in [5.74, 6) is -4.08. The normalized spacial score (nSPS) is 9.86. The summed E-state index contributed by atoms with van der Waals surface area (Å²) in [6.45, 7) is 2.71. The highest BCUT2D eigenvalue weighted by molar-refractivity contribution is 6.07. The van der Waals surface area contributed by atoms with Gasteiger partial charge >= 0.3 is 23.9 Å². The number of hydrogen-bond donors (Lipinski definition) is 3. The molecule has 37 heavy (non-hydrogen) atoms. The van der Waals surface area contributed by atoms with Crippen LogP contribution in [0.5, 0.6) is 0 Å². The zero-order valence-corrected chi connectivity index (χ0v) is 20.1. The second kappa shape index (κ2) is 11.9. The van der Waals surface area contributed by atoms with Crippen molar-refractivity contribution in [1.29, 1.82) is 0 Å². The maximum Gasteiger partial charge on any atom is 0.339 e. The van der Waals surface area contributed by atoms with E-state index in [-0.39, 0.29) is 39.2 Å². The van der Waals surface area contributed by atoms with Crippen LogP contribution in [0.4, 0.5) is 22.7 Å². The van der Waals surface area contributed by atoms with E-state index in [1.54, 1.807) is 0 Å². The van der Waals surface area contributed by atoms with Gasteiger partial charge in [0.05, 0.1) is 53.4 Å². The van der Waals surface area contributed by atoms with Crippen molar-refractivity contribution < 1.29 is 48.3 Å². The summed E-state index contributed by atoms with van der Waals surface area (Å²) in [7, 11) is 3.30. The quantitative estimate of drug-likeness (QED) is 0.161. The first-order valence-electron chi connectivity index (χ1n) is 9.79. The molecule has 0 aliphatic heterocycles. The molecule has 0 fully saturated rings. The summed E-state index contributed by atoms with van der Waals surface area (Å²) < 4.78 is 13.5. The fourth-order valence-corrected chi connectivity index (χ4v) is 3.10. The lowest BCUT2D eigenvalue weighted by Crippen LogP contribution is -2.16. The van der Waals surface area contributed by atoms with E-state index < -0.39 is 50.7 Å². The average molecular weight is 522 g/mol. The Kier molecular flexibility index (Phi) is 9.58. The lowest BCUT2D eigenvalue weighted by Gasteiger charge is -2.11. The molecule has 2 aromatic carbocycles. The van der Waals surface area contributed by atoms with E-state index in [1.807, 2.05) is 0 Å². The third kappa shape index (κ3) is 6.05. The van der Waals surface area contributed by atoms with Crippen LogP contribution in [0.3, 0.4) is 0 Å². The van der Waals surface area contributed by atoms with Crippen LogP contribution in [-0.4, -0.2) is 60.2 Å².